The summed E-state index contributed by atoms with van der Waals surface area (Å²) in [5.41, 5.74) is 3.36. The fraction of sp³-hybridized carbons (Fsp3) is 0.593. The minimum Gasteiger partial charge on any atom is -0.393 e. The van der Waals surface area contributed by atoms with Crippen LogP contribution >= 0.6 is 0 Å². The van der Waals surface area contributed by atoms with Gasteiger partial charge in [-0.1, -0.05) is 30.3 Å². The minimum atomic E-state index is -0.178. The summed E-state index contributed by atoms with van der Waals surface area (Å²) in [6, 6.07) is 10.9. The first-order chi connectivity index (χ1) is 16.5. The summed E-state index contributed by atoms with van der Waals surface area (Å²) in [6.45, 7) is 4.55. The number of anilines is 1. The summed E-state index contributed by atoms with van der Waals surface area (Å²) < 4.78 is 0. The number of likely N-dealkylation sites (tertiary alicyclic amines) is 1. The number of hydrogen-bond donors (Lipinski definition) is 2. The van der Waals surface area contributed by atoms with Gasteiger partial charge in [-0.15, -0.1) is 0 Å². The van der Waals surface area contributed by atoms with Crippen molar-refractivity contribution in [3.05, 3.63) is 53.3 Å². The molecule has 2 aromatic rings. The van der Waals surface area contributed by atoms with Gasteiger partial charge in [0.05, 0.1) is 18.3 Å². The number of aromatic nitrogens is 2. The normalized spacial score (nSPS) is 30.0. The zero-order chi connectivity index (χ0) is 23.7. The molecule has 1 saturated heterocycles. The molecule has 1 amide bonds. The quantitative estimate of drug-likeness (QED) is 0.725. The predicted octanol–water partition coefficient (Wildman–Crippen LogP) is 3.20. The van der Waals surface area contributed by atoms with Gasteiger partial charge in [0.25, 0.3) is 0 Å². The SMILES string of the molecule is C[C@@H]1Cc2cnc(NC3CCC(O)CC3)nc2CN1C(=O)[C@H]1CCN(C)C[C@@H]1c1ccccc1. The van der Waals surface area contributed by atoms with Crippen LogP contribution in [-0.2, 0) is 17.8 Å². The fourth-order valence-electron chi connectivity index (χ4n) is 5.92. The molecule has 0 radical (unpaired) electrons. The van der Waals surface area contributed by atoms with E-state index >= 15 is 0 Å². The summed E-state index contributed by atoms with van der Waals surface area (Å²) >= 11 is 0. The topological polar surface area (TPSA) is 81.6 Å². The van der Waals surface area contributed by atoms with Gasteiger partial charge < -0.3 is 20.2 Å². The number of aliphatic hydroxyl groups is 1. The fourth-order valence-corrected chi connectivity index (χ4v) is 5.92. The van der Waals surface area contributed by atoms with Crippen LogP contribution in [0.1, 0.15) is 61.8 Å². The number of fused-ring (bicyclic) bond motifs is 1. The van der Waals surface area contributed by atoms with Crippen molar-refractivity contribution in [2.24, 2.45) is 5.92 Å². The third kappa shape index (κ3) is 4.96. The van der Waals surface area contributed by atoms with Crippen molar-refractivity contribution in [3.63, 3.8) is 0 Å². The van der Waals surface area contributed by atoms with E-state index in [0.717, 1.165) is 62.9 Å². The molecule has 7 heteroatoms. The summed E-state index contributed by atoms with van der Waals surface area (Å²) in [5.74, 6) is 1.11. The minimum absolute atomic E-state index is 0.00398. The lowest BCUT2D eigenvalue weighted by Crippen LogP contribution is -2.50. The van der Waals surface area contributed by atoms with Gasteiger partial charge in [-0.2, -0.15) is 0 Å². The molecule has 34 heavy (non-hydrogen) atoms. The molecule has 3 heterocycles. The number of nitrogens with one attached hydrogen (secondary N) is 1. The van der Waals surface area contributed by atoms with Crippen LogP contribution in [0, 0.1) is 5.92 Å². The Morgan fingerprint density at radius 2 is 1.88 bits per heavy atom. The van der Waals surface area contributed by atoms with Crippen LogP contribution in [0.15, 0.2) is 36.5 Å². The molecule has 1 aromatic carbocycles. The van der Waals surface area contributed by atoms with Crippen molar-refractivity contribution < 1.29 is 9.90 Å². The number of carbonyl (C=O) groups excluding carboxylic acids is 1. The molecule has 3 atom stereocenters. The Balaban J connectivity index is 1.32. The van der Waals surface area contributed by atoms with Crippen LogP contribution in [0.2, 0.25) is 0 Å². The summed E-state index contributed by atoms with van der Waals surface area (Å²) in [5, 5.41) is 13.2. The number of piperidine rings is 1. The zero-order valence-corrected chi connectivity index (χ0v) is 20.4. The lowest BCUT2D eigenvalue weighted by Gasteiger charge is -2.42. The Kier molecular flexibility index (Phi) is 6.84. The molecular weight excluding hydrogens is 426 g/mol. The first-order valence-corrected chi connectivity index (χ1v) is 12.8. The molecule has 182 valence electrons. The third-order valence-electron chi connectivity index (χ3n) is 8.00. The average Bonchev–Trinajstić information content (AvgIpc) is 2.85. The molecule has 0 unspecified atom stereocenters. The second-order valence-corrected chi connectivity index (χ2v) is 10.5. The van der Waals surface area contributed by atoms with Crippen molar-refractivity contribution in [2.45, 2.75) is 76.1 Å². The smallest absolute Gasteiger partial charge is 0.227 e. The molecule has 1 aliphatic carbocycles. The van der Waals surface area contributed by atoms with E-state index in [1.165, 1.54) is 5.56 Å². The Labute approximate surface area is 202 Å². The highest BCUT2D eigenvalue weighted by Gasteiger charge is 2.39. The van der Waals surface area contributed by atoms with Crippen LogP contribution in [0.3, 0.4) is 0 Å². The Bertz CT molecular complexity index is 992. The molecule has 1 saturated carbocycles. The lowest BCUT2D eigenvalue weighted by molar-refractivity contribution is -0.141. The first kappa shape index (κ1) is 23.2. The molecule has 2 aliphatic heterocycles. The predicted molar refractivity (Wildman–Crippen MR) is 132 cm³/mol. The molecule has 0 spiro atoms. The lowest BCUT2D eigenvalue weighted by atomic mass is 9.79. The third-order valence-corrected chi connectivity index (χ3v) is 8.00. The van der Waals surface area contributed by atoms with Crippen LogP contribution in [0.25, 0.3) is 0 Å². The second kappa shape index (κ2) is 10.0. The molecule has 7 nitrogen and oxygen atoms in total. The number of nitrogens with zero attached hydrogens (tertiary/aromatic N) is 4. The van der Waals surface area contributed by atoms with E-state index in [4.69, 9.17) is 4.98 Å². The van der Waals surface area contributed by atoms with Gasteiger partial charge in [-0.3, -0.25) is 4.79 Å². The number of amides is 1. The molecule has 3 aliphatic rings. The molecule has 2 fully saturated rings. The Morgan fingerprint density at radius 1 is 1.12 bits per heavy atom. The van der Waals surface area contributed by atoms with Crippen LogP contribution < -0.4 is 5.32 Å². The highest BCUT2D eigenvalue weighted by molar-refractivity contribution is 5.80. The van der Waals surface area contributed by atoms with Crippen molar-refractivity contribution in [1.82, 2.24) is 19.8 Å². The number of hydrogen-bond acceptors (Lipinski definition) is 6. The zero-order valence-electron chi connectivity index (χ0n) is 20.4. The number of benzene rings is 1. The summed E-state index contributed by atoms with van der Waals surface area (Å²) in [4.78, 5) is 27.7. The van der Waals surface area contributed by atoms with E-state index in [0.29, 0.717) is 18.5 Å². The van der Waals surface area contributed by atoms with Gasteiger partial charge in [0, 0.05) is 36.7 Å². The highest BCUT2D eigenvalue weighted by Crippen LogP contribution is 2.35. The van der Waals surface area contributed by atoms with Crippen molar-refractivity contribution >= 4 is 11.9 Å². The summed E-state index contributed by atoms with van der Waals surface area (Å²) in [7, 11) is 2.15. The van der Waals surface area contributed by atoms with Gasteiger partial charge in [-0.25, -0.2) is 9.97 Å². The maximum atomic E-state index is 13.9. The van der Waals surface area contributed by atoms with E-state index in [1.807, 2.05) is 12.3 Å². The average molecular weight is 464 g/mol. The molecule has 2 N–H and O–H groups in total. The van der Waals surface area contributed by atoms with Gasteiger partial charge in [0.1, 0.15) is 0 Å². The number of rotatable bonds is 4. The largest absolute Gasteiger partial charge is 0.393 e. The number of aliphatic hydroxyl groups excluding tert-OH is 1. The monoisotopic (exact) mass is 463 g/mol. The number of carbonyl (C=O) groups is 1. The van der Waals surface area contributed by atoms with Gasteiger partial charge in [0.2, 0.25) is 11.9 Å². The van der Waals surface area contributed by atoms with Crippen LogP contribution in [0.5, 0.6) is 0 Å². The summed E-state index contributed by atoms with van der Waals surface area (Å²) in [6.07, 6.45) is 6.93. The van der Waals surface area contributed by atoms with Gasteiger partial charge in [0.15, 0.2) is 0 Å². The Morgan fingerprint density at radius 3 is 2.65 bits per heavy atom. The molecule has 0 bridgehead atoms. The van der Waals surface area contributed by atoms with Crippen molar-refractivity contribution in [1.29, 1.82) is 0 Å². The second-order valence-electron chi connectivity index (χ2n) is 10.5. The highest BCUT2D eigenvalue weighted by atomic mass is 16.3. The van der Waals surface area contributed by atoms with E-state index in [2.05, 4.69) is 58.3 Å². The maximum absolute atomic E-state index is 13.9. The maximum Gasteiger partial charge on any atom is 0.227 e. The molecule has 1 aromatic heterocycles. The van der Waals surface area contributed by atoms with E-state index < -0.39 is 0 Å². The van der Waals surface area contributed by atoms with E-state index in [-0.39, 0.29) is 29.9 Å². The van der Waals surface area contributed by atoms with Gasteiger partial charge in [-0.05, 0) is 70.2 Å². The van der Waals surface area contributed by atoms with Crippen molar-refractivity contribution in [2.75, 3.05) is 25.5 Å². The number of likely N-dealkylation sites (N-methyl/N-ethyl adjacent to an activating group) is 1. The van der Waals surface area contributed by atoms with Gasteiger partial charge >= 0.3 is 0 Å². The Hall–Kier alpha value is -2.51. The first-order valence-electron chi connectivity index (χ1n) is 12.8. The van der Waals surface area contributed by atoms with E-state index in [1.54, 1.807) is 0 Å². The standard InChI is InChI=1S/C27H37N5O2/c1-18-14-20-15-28-27(29-21-8-10-22(33)11-9-21)30-25(20)17-32(18)26(34)23-12-13-31(2)16-24(23)19-6-4-3-5-7-19/h3-7,15,18,21-24,33H,8-14,16-17H2,1-2H3,(H,28,29,30)/t18-,21?,22?,23+,24-/m1/s1. The van der Waals surface area contributed by atoms with Crippen molar-refractivity contribution in [3.8, 4) is 0 Å². The molecular formula is C27H37N5O2. The molecule has 5 rings (SSSR count). The van der Waals surface area contributed by atoms with Crippen LogP contribution in [0.4, 0.5) is 5.95 Å². The van der Waals surface area contributed by atoms with Crippen LogP contribution in [-0.4, -0.2) is 69.1 Å². The van der Waals surface area contributed by atoms with E-state index in [9.17, 15) is 9.90 Å².